The van der Waals surface area contributed by atoms with E-state index in [1.165, 1.54) is 36.1 Å². The topological polar surface area (TPSA) is 55.4 Å². The molecule has 7 heteroatoms. The van der Waals surface area contributed by atoms with E-state index < -0.39 is 11.9 Å². The number of hydrogen-bond acceptors (Lipinski definition) is 4. The van der Waals surface area contributed by atoms with E-state index >= 15 is 0 Å². The molecule has 30 heavy (non-hydrogen) atoms. The molecule has 0 saturated heterocycles. The summed E-state index contributed by atoms with van der Waals surface area (Å²) in [5, 5.41) is 3.48. The van der Waals surface area contributed by atoms with Crippen LogP contribution in [0.25, 0.3) is 10.4 Å². The Kier molecular flexibility index (Phi) is 6.56. The van der Waals surface area contributed by atoms with Gasteiger partial charge in [-0.05, 0) is 40.8 Å². The van der Waals surface area contributed by atoms with Crippen molar-refractivity contribution in [3.63, 3.8) is 0 Å². The number of benzene rings is 2. The molecule has 156 valence electrons. The van der Waals surface area contributed by atoms with Crippen LogP contribution in [-0.2, 0) is 10.2 Å². The summed E-state index contributed by atoms with van der Waals surface area (Å²) < 4.78 is 4.89. The summed E-state index contributed by atoms with van der Waals surface area (Å²) >= 11 is 13.2. The van der Waals surface area contributed by atoms with Crippen LogP contribution in [-0.4, -0.2) is 19.0 Å². The first-order valence-electron chi connectivity index (χ1n) is 9.19. The average Bonchev–Trinajstić information content (AvgIpc) is 3.09. The quantitative estimate of drug-likeness (QED) is 0.423. The second-order valence-corrected chi connectivity index (χ2v) is 9.71. The summed E-state index contributed by atoms with van der Waals surface area (Å²) in [5.74, 6) is -0.936. The van der Waals surface area contributed by atoms with Crippen molar-refractivity contribution in [2.75, 3.05) is 12.4 Å². The van der Waals surface area contributed by atoms with Gasteiger partial charge in [-0.25, -0.2) is 4.79 Å². The van der Waals surface area contributed by atoms with Gasteiger partial charge in [0.1, 0.15) is 4.88 Å². The van der Waals surface area contributed by atoms with Crippen molar-refractivity contribution in [1.82, 2.24) is 0 Å². The van der Waals surface area contributed by atoms with Gasteiger partial charge in [0.2, 0.25) is 0 Å². The molecule has 1 amide bonds. The molecule has 3 rings (SSSR count). The summed E-state index contributed by atoms with van der Waals surface area (Å²) in [6, 6.07) is 14.5. The summed E-state index contributed by atoms with van der Waals surface area (Å²) in [6.07, 6.45) is 0. The Balaban J connectivity index is 1.95. The van der Waals surface area contributed by atoms with Gasteiger partial charge < -0.3 is 10.1 Å². The number of amides is 1. The number of halogens is 2. The van der Waals surface area contributed by atoms with Crippen LogP contribution < -0.4 is 5.32 Å². The zero-order chi connectivity index (χ0) is 22.1. The van der Waals surface area contributed by atoms with E-state index in [2.05, 4.69) is 38.2 Å². The fraction of sp³-hybridized carbons (Fsp3) is 0.217. The van der Waals surface area contributed by atoms with Crippen LogP contribution in [0.15, 0.2) is 48.5 Å². The van der Waals surface area contributed by atoms with Crippen LogP contribution in [0, 0.1) is 0 Å². The molecule has 0 aliphatic rings. The highest BCUT2D eigenvalue weighted by atomic mass is 35.5. The number of carbonyl (C=O) groups is 2. The van der Waals surface area contributed by atoms with Crippen LogP contribution in [0.1, 0.15) is 46.4 Å². The lowest BCUT2D eigenvalue weighted by Crippen LogP contribution is -2.14. The fourth-order valence-corrected chi connectivity index (χ4v) is 4.45. The Labute approximate surface area is 189 Å². The van der Waals surface area contributed by atoms with Gasteiger partial charge >= 0.3 is 5.97 Å². The van der Waals surface area contributed by atoms with Crippen LogP contribution >= 0.6 is 34.5 Å². The molecule has 0 bridgehead atoms. The minimum Gasteiger partial charge on any atom is -0.465 e. The number of nitrogens with one attached hydrogen (secondary N) is 1. The van der Waals surface area contributed by atoms with E-state index in [-0.39, 0.29) is 5.41 Å². The van der Waals surface area contributed by atoms with Crippen molar-refractivity contribution in [1.29, 1.82) is 0 Å². The lowest BCUT2D eigenvalue weighted by molar-refractivity contribution is 0.0607. The second-order valence-electron chi connectivity index (χ2n) is 7.78. The number of ether oxygens (including phenoxy) is 1. The summed E-state index contributed by atoms with van der Waals surface area (Å²) in [6.45, 7) is 6.45. The molecule has 4 nitrogen and oxygen atoms in total. The van der Waals surface area contributed by atoms with Crippen LogP contribution in [0.4, 0.5) is 5.69 Å². The van der Waals surface area contributed by atoms with Gasteiger partial charge in [-0.2, -0.15) is 0 Å². The Morgan fingerprint density at radius 3 is 2.10 bits per heavy atom. The third-order valence-electron chi connectivity index (χ3n) is 4.51. The molecule has 1 aromatic heterocycles. The second kappa shape index (κ2) is 8.80. The lowest BCUT2D eigenvalue weighted by atomic mass is 9.86. The average molecular weight is 462 g/mol. The van der Waals surface area contributed by atoms with Crippen molar-refractivity contribution >= 4 is 52.1 Å². The molecule has 1 N–H and O–H groups in total. The van der Waals surface area contributed by atoms with Crippen molar-refractivity contribution in [2.45, 2.75) is 26.2 Å². The fourth-order valence-electron chi connectivity index (χ4n) is 2.88. The van der Waals surface area contributed by atoms with E-state index in [1.807, 2.05) is 12.1 Å². The van der Waals surface area contributed by atoms with E-state index in [4.69, 9.17) is 27.9 Å². The van der Waals surface area contributed by atoms with E-state index in [9.17, 15) is 9.59 Å². The van der Waals surface area contributed by atoms with Crippen molar-refractivity contribution in [3.8, 4) is 10.4 Å². The smallest absolute Gasteiger partial charge is 0.350 e. The monoisotopic (exact) mass is 461 g/mol. The van der Waals surface area contributed by atoms with E-state index in [1.54, 1.807) is 12.1 Å². The Bertz CT molecular complexity index is 1080. The molecule has 2 aromatic carbocycles. The Hall–Kier alpha value is -2.34. The summed E-state index contributed by atoms with van der Waals surface area (Å²) in [5.41, 5.74) is 2.88. The highest BCUT2D eigenvalue weighted by Crippen LogP contribution is 2.36. The highest BCUT2D eigenvalue weighted by molar-refractivity contribution is 7.18. The van der Waals surface area contributed by atoms with Gasteiger partial charge in [0.15, 0.2) is 0 Å². The molecule has 0 fully saturated rings. The molecule has 3 aromatic rings. The van der Waals surface area contributed by atoms with E-state index in [0.717, 1.165) is 10.4 Å². The lowest BCUT2D eigenvalue weighted by Gasteiger charge is -2.18. The largest absolute Gasteiger partial charge is 0.465 e. The SMILES string of the molecule is COC(=O)c1sc(-c2ccc(C(C)(C)C)cc2)cc1NC(=O)c1cc(Cl)cc(Cl)c1. The number of hydrogen-bond donors (Lipinski definition) is 1. The molecule has 0 aliphatic carbocycles. The van der Waals surface area contributed by atoms with Gasteiger partial charge in [0.05, 0.1) is 12.8 Å². The maximum atomic E-state index is 12.7. The van der Waals surface area contributed by atoms with Gasteiger partial charge in [-0.1, -0.05) is 68.2 Å². The molecule has 0 radical (unpaired) electrons. The maximum Gasteiger partial charge on any atom is 0.350 e. The van der Waals surface area contributed by atoms with E-state index in [0.29, 0.717) is 26.2 Å². The zero-order valence-corrected chi connectivity index (χ0v) is 19.3. The Morgan fingerprint density at radius 1 is 0.967 bits per heavy atom. The Morgan fingerprint density at radius 2 is 1.57 bits per heavy atom. The van der Waals surface area contributed by atoms with Crippen molar-refractivity contribution < 1.29 is 14.3 Å². The van der Waals surface area contributed by atoms with Crippen LogP contribution in [0.2, 0.25) is 10.0 Å². The van der Waals surface area contributed by atoms with Crippen LogP contribution in [0.3, 0.4) is 0 Å². The summed E-state index contributed by atoms with van der Waals surface area (Å²) in [4.78, 5) is 26.1. The predicted molar refractivity (Wildman–Crippen MR) is 124 cm³/mol. The van der Waals surface area contributed by atoms with Gasteiger partial charge in [-0.15, -0.1) is 11.3 Å². The summed E-state index contributed by atoms with van der Waals surface area (Å²) in [7, 11) is 1.31. The number of anilines is 1. The molecule has 0 aliphatic heterocycles. The minimum absolute atomic E-state index is 0.0442. The third kappa shape index (κ3) is 5.04. The predicted octanol–water partition coefficient (Wildman–Crippen LogP) is 7.06. The van der Waals surface area contributed by atoms with Crippen LogP contribution in [0.5, 0.6) is 0 Å². The normalized spacial score (nSPS) is 11.3. The molecule has 0 saturated carbocycles. The molecular formula is C23H21Cl2NO3S. The number of esters is 1. The molecular weight excluding hydrogens is 441 g/mol. The minimum atomic E-state index is -0.517. The van der Waals surface area contributed by atoms with Gasteiger partial charge in [-0.3, -0.25) is 4.79 Å². The number of rotatable bonds is 4. The third-order valence-corrected chi connectivity index (χ3v) is 6.11. The first-order valence-corrected chi connectivity index (χ1v) is 10.8. The first-order chi connectivity index (χ1) is 14.1. The first kappa shape index (κ1) is 22.3. The standard InChI is InChI=1S/C23H21Cl2NO3S/c1-23(2,3)15-7-5-13(6-8-15)19-12-18(20(30-19)22(28)29-4)26-21(27)14-9-16(24)11-17(25)10-14/h5-12H,1-4H3,(H,26,27). The number of thiophene rings is 1. The molecule has 0 unspecified atom stereocenters. The number of carbonyl (C=O) groups excluding carboxylic acids is 2. The molecule has 0 spiro atoms. The number of methoxy groups -OCH3 is 1. The van der Waals surface area contributed by atoms with Crippen molar-refractivity contribution in [2.24, 2.45) is 0 Å². The zero-order valence-electron chi connectivity index (χ0n) is 17.0. The molecule has 1 heterocycles. The van der Waals surface area contributed by atoms with Crippen molar-refractivity contribution in [3.05, 3.63) is 74.6 Å². The van der Waals surface area contributed by atoms with Gasteiger partial charge in [0.25, 0.3) is 5.91 Å². The van der Waals surface area contributed by atoms with Gasteiger partial charge in [0, 0.05) is 20.5 Å². The maximum absolute atomic E-state index is 12.7. The molecule has 0 atom stereocenters. The highest BCUT2D eigenvalue weighted by Gasteiger charge is 2.21.